The topological polar surface area (TPSA) is 37.3 Å². The molecular formula is C12H12ClF3O2. The van der Waals surface area contributed by atoms with Crippen molar-refractivity contribution in [1.82, 2.24) is 0 Å². The predicted octanol–water partition coefficient (Wildman–Crippen LogP) is 4.02. The van der Waals surface area contributed by atoms with Gasteiger partial charge in [-0.05, 0) is 24.1 Å². The molecule has 0 saturated carbocycles. The van der Waals surface area contributed by atoms with Gasteiger partial charge in [-0.25, -0.2) is 4.79 Å². The third kappa shape index (κ3) is 2.96. The second kappa shape index (κ2) is 5.18. The van der Waals surface area contributed by atoms with Crippen molar-refractivity contribution in [2.24, 2.45) is 0 Å². The van der Waals surface area contributed by atoms with Crippen LogP contribution in [0.25, 0.3) is 0 Å². The van der Waals surface area contributed by atoms with E-state index in [0.717, 1.165) is 24.3 Å². The summed E-state index contributed by atoms with van der Waals surface area (Å²) in [6.45, 7) is 1.75. The number of carboxylic acid groups (broad SMARTS) is 1. The smallest absolute Gasteiger partial charge is 0.416 e. The summed E-state index contributed by atoms with van der Waals surface area (Å²) in [7, 11) is 0. The van der Waals surface area contributed by atoms with E-state index in [2.05, 4.69) is 0 Å². The van der Waals surface area contributed by atoms with Gasteiger partial charge in [0, 0.05) is 0 Å². The summed E-state index contributed by atoms with van der Waals surface area (Å²) < 4.78 is 37.1. The van der Waals surface area contributed by atoms with Gasteiger partial charge in [-0.1, -0.05) is 25.5 Å². The summed E-state index contributed by atoms with van der Waals surface area (Å²) in [5.74, 6) is -1.26. The summed E-state index contributed by atoms with van der Waals surface area (Å²) in [6.07, 6.45) is -3.78. The first kappa shape index (κ1) is 14.8. The molecule has 0 aliphatic heterocycles. The quantitative estimate of drug-likeness (QED) is 0.846. The van der Waals surface area contributed by atoms with Gasteiger partial charge in [-0.2, -0.15) is 13.2 Å². The molecule has 0 aliphatic carbocycles. The Hall–Kier alpha value is -1.23. The van der Waals surface area contributed by atoms with Crippen molar-refractivity contribution in [1.29, 1.82) is 0 Å². The molecule has 0 aromatic heterocycles. The van der Waals surface area contributed by atoms with E-state index >= 15 is 0 Å². The van der Waals surface area contributed by atoms with Crippen molar-refractivity contribution in [3.05, 3.63) is 35.4 Å². The number of rotatable bonds is 4. The summed E-state index contributed by atoms with van der Waals surface area (Å²) >= 11 is 5.99. The number of aliphatic carboxylic acids is 1. The number of carbonyl (C=O) groups is 1. The lowest BCUT2D eigenvalue weighted by Gasteiger charge is -2.22. The van der Waals surface area contributed by atoms with Crippen LogP contribution in [0.15, 0.2) is 24.3 Å². The van der Waals surface area contributed by atoms with Gasteiger partial charge in [0.2, 0.25) is 0 Å². The Balaban J connectivity index is 3.13. The van der Waals surface area contributed by atoms with Gasteiger partial charge in [0.15, 0.2) is 4.87 Å². The number of hydrogen-bond donors (Lipinski definition) is 1. The maximum Gasteiger partial charge on any atom is 0.416 e. The molecule has 1 aromatic rings. The fourth-order valence-corrected chi connectivity index (χ4v) is 1.96. The normalized spacial score (nSPS) is 15.2. The minimum Gasteiger partial charge on any atom is -0.480 e. The van der Waals surface area contributed by atoms with Crippen LogP contribution >= 0.6 is 11.6 Å². The molecule has 1 rings (SSSR count). The highest BCUT2D eigenvalue weighted by atomic mass is 35.5. The standard InChI is InChI=1S/C12H12ClF3O2/c1-2-7-11(13,10(17)18)8-3-5-9(6-4-8)12(14,15)16/h3-6H,2,7H2,1H3,(H,17,18). The zero-order valence-corrected chi connectivity index (χ0v) is 10.3. The number of benzene rings is 1. The first-order valence-corrected chi connectivity index (χ1v) is 5.69. The number of hydrogen-bond acceptors (Lipinski definition) is 1. The van der Waals surface area contributed by atoms with Crippen molar-refractivity contribution in [3.63, 3.8) is 0 Å². The summed E-state index contributed by atoms with van der Waals surface area (Å²) in [5, 5.41) is 9.09. The lowest BCUT2D eigenvalue weighted by molar-refractivity contribution is -0.140. The molecule has 0 radical (unpaired) electrons. The highest BCUT2D eigenvalue weighted by Crippen LogP contribution is 2.36. The molecule has 0 fully saturated rings. The van der Waals surface area contributed by atoms with E-state index in [1.807, 2.05) is 0 Å². The lowest BCUT2D eigenvalue weighted by atomic mass is 9.93. The van der Waals surface area contributed by atoms with Gasteiger partial charge in [-0.15, -0.1) is 11.6 Å². The summed E-state index contributed by atoms with van der Waals surface area (Å²) in [4.78, 5) is 9.47. The molecule has 1 atom stereocenters. The predicted molar refractivity (Wildman–Crippen MR) is 61.5 cm³/mol. The molecule has 1 aromatic carbocycles. The minimum atomic E-state index is -4.44. The molecule has 2 nitrogen and oxygen atoms in total. The molecule has 1 N–H and O–H groups in total. The highest BCUT2D eigenvalue weighted by Gasteiger charge is 2.38. The largest absolute Gasteiger partial charge is 0.480 e. The van der Waals surface area contributed by atoms with Crippen molar-refractivity contribution < 1.29 is 23.1 Å². The Bertz CT molecular complexity index is 428. The highest BCUT2D eigenvalue weighted by molar-refractivity contribution is 6.33. The Kier molecular flexibility index (Phi) is 4.27. The average Bonchev–Trinajstić information content (AvgIpc) is 2.28. The molecule has 0 amide bonds. The third-order valence-electron chi connectivity index (χ3n) is 2.60. The monoisotopic (exact) mass is 280 g/mol. The van der Waals surface area contributed by atoms with Crippen LogP contribution in [-0.4, -0.2) is 11.1 Å². The van der Waals surface area contributed by atoms with Crippen molar-refractivity contribution in [2.45, 2.75) is 30.8 Å². The van der Waals surface area contributed by atoms with Gasteiger partial charge >= 0.3 is 12.1 Å². The maximum absolute atomic E-state index is 12.4. The first-order chi connectivity index (χ1) is 8.21. The van der Waals surface area contributed by atoms with Crippen LogP contribution in [-0.2, 0) is 15.8 Å². The molecule has 0 spiro atoms. The molecular weight excluding hydrogens is 269 g/mol. The fourth-order valence-electron chi connectivity index (χ4n) is 1.64. The number of carboxylic acids is 1. The second-order valence-corrected chi connectivity index (χ2v) is 4.58. The van der Waals surface area contributed by atoms with Crippen LogP contribution in [0.2, 0.25) is 0 Å². The van der Waals surface area contributed by atoms with Gasteiger partial charge in [0.25, 0.3) is 0 Å². The van der Waals surface area contributed by atoms with E-state index in [0.29, 0.717) is 6.42 Å². The summed E-state index contributed by atoms with van der Waals surface area (Å²) in [6, 6.07) is 3.90. The van der Waals surface area contributed by atoms with Crippen LogP contribution in [0.3, 0.4) is 0 Å². The van der Waals surface area contributed by atoms with Crippen LogP contribution in [0.1, 0.15) is 30.9 Å². The Morgan fingerprint density at radius 1 is 1.22 bits per heavy atom. The zero-order valence-electron chi connectivity index (χ0n) is 9.59. The van der Waals surface area contributed by atoms with E-state index in [1.165, 1.54) is 0 Å². The molecule has 1 unspecified atom stereocenters. The fraction of sp³-hybridized carbons (Fsp3) is 0.417. The van der Waals surface area contributed by atoms with Crippen molar-refractivity contribution in [2.75, 3.05) is 0 Å². The SMILES string of the molecule is CCCC(Cl)(C(=O)O)c1ccc(C(F)(F)F)cc1. The van der Waals surface area contributed by atoms with Crippen LogP contribution in [0.4, 0.5) is 13.2 Å². The summed E-state index contributed by atoms with van der Waals surface area (Å²) in [5.41, 5.74) is -0.668. The van der Waals surface area contributed by atoms with E-state index in [9.17, 15) is 18.0 Å². The van der Waals surface area contributed by atoms with E-state index < -0.39 is 22.6 Å². The van der Waals surface area contributed by atoms with Crippen LogP contribution in [0.5, 0.6) is 0 Å². The molecule has 0 bridgehead atoms. The average molecular weight is 281 g/mol. The third-order valence-corrected chi connectivity index (χ3v) is 3.17. The number of halogens is 4. The molecule has 100 valence electrons. The molecule has 0 saturated heterocycles. The van der Waals surface area contributed by atoms with Gasteiger partial charge in [0.1, 0.15) is 0 Å². The first-order valence-electron chi connectivity index (χ1n) is 5.32. The van der Waals surface area contributed by atoms with Crippen LogP contribution < -0.4 is 0 Å². The Labute approximate surface area is 107 Å². The molecule has 0 aliphatic rings. The van der Waals surface area contributed by atoms with E-state index in [-0.39, 0.29) is 12.0 Å². The maximum atomic E-state index is 12.4. The molecule has 0 heterocycles. The van der Waals surface area contributed by atoms with Gasteiger partial charge < -0.3 is 5.11 Å². The Morgan fingerprint density at radius 3 is 2.00 bits per heavy atom. The Morgan fingerprint density at radius 2 is 1.67 bits per heavy atom. The van der Waals surface area contributed by atoms with Crippen molar-refractivity contribution >= 4 is 17.6 Å². The van der Waals surface area contributed by atoms with Crippen LogP contribution in [0, 0.1) is 0 Å². The van der Waals surface area contributed by atoms with Gasteiger partial charge in [-0.3, -0.25) is 0 Å². The van der Waals surface area contributed by atoms with Gasteiger partial charge in [0.05, 0.1) is 5.56 Å². The lowest BCUT2D eigenvalue weighted by Crippen LogP contribution is -2.29. The zero-order chi connectivity index (χ0) is 14.0. The van der Waals surface area contributed by atoms with E-state index in [4.69, 9.17) is 16.7 Å². The van der Waals surface area contributed by atoms with E-state index in [1.54, 1.807) is 6.92 Å². The number of alkyl halides is 4. The minimum absolute atomic E-state index is 0.148. The van der Waals surface area contributed by atoms with Crippen molar-refractivity contribution in [3.8, 4) is 0 Å². The molecule has 18 heavy (non-hydrogen) atoms. The second-order valence-electron chi connectivity index (χ2n) is 3.93. The molecule has 6 heteroatoms.